The molecule has 10 atom stereocenters. The summed E-state index contributed by atoms with van der Waals surface area (Å²) in [6, 6.07) is -0.545. The van der Waals surface area contributed by atoms with E-state index in [1.807, 2.05) is 0 Å². The molecule has 0 aromatic rings. The number of thiol groups is 1. The summed E-state index contributed by atoms with van der Waals surface area (Å²) >= 11 is 4.15. The first-order chi connectivity index (χ1) is 16.6. The van der Waals surface area contributed by atoms with Crippen molar-refractivity contribution in [3.8, 4) is 0 Å². The second-order valence-corrected chi connectivity index (χ2v) is 13.7. The third kappa shape index (κ3) is 5.39. The maximum Gasteiger partial charge on any atom is 0.321 e. The van der Waals surface area contributed by atoms with E-state index in [9.17, 15) is 15.0 Å². The highest BCUT2D eigenvalue weighted by Crippen LogP contribution is 2.67. The molecule has 0 aliphatic heterocycles. The molecule has 0 bridgehead atoms. The van der Waals surface area contributed by atoms with Crippen LogP contribution in [-0.2, 0) is 4.79 Å². The first-order valence-corrected chi connectivity index (χ1v) is 15.2. The Balaban J connectivity index is 1.31. The van der Waals surface area contributed by atoms with Crippen molar-refractivity contribution in [2.24, 2.45) is 46.3 Å². The average Bonchev–Trinajstić information content (AvgIpc) is 3.17. The van der Waals surface area contributed by atoms with E-state index in [1.165, 1.54) is 51.4 Å². The van der Waals surface area contributed by atoms with Crippen molar-refractivity contribution in [1.82, 2.24) is 5.32 Å². The maximum atomic E-state index is 11.2. The molecular weight excluding hydrogens is 454 g/mol. The first-order valence-electron chi connectivity index (χ1n) is 14.5. The number of allylic oxidation sites excluding steroid dienone is 1. The van der Waals surface area contributed by atoms with Crippen molar-refractivity contribution >= 4 is 18.6 Å². The molecule has 4 nitrogen and oxygen atoms in total. The van der Waals surface area contributed by atoms with Gasteiger partial charge in [-0.1, -0.05) is 52.2 Å². The molecule has 1 unspecified atom stereocenters. The molecule has 200 valence electrons. The van der Waals surface area contributed by atoms with Gasteiger partial charge in [0, 0.05) is 5.75 Å². The molecule has 0 aromatic carbocycles. The number of hydrogen-bond acceptors (Lipinski definition) is 4. The van der Waals surface area contributed by atoms with E-state index < -0.39 is 12.0 Å². The van der Waals surface area contributed by atoms with E-state index in [-0.39, 0.29) is 6.10 Å². The van der Waals surface area contributed by atoms with Gasteiger partial charge in [0.15, 0.2) is 0 Å². The topological polar surface area (TPSA) is 69.6 Å². The lowest BCUT2D eigenvalue weighted by atomic mass is 9.47. The molecule has 3 N–H and O–H groups in total. The SMILES string of the molecule is CC(CCC[C@@H](C)[C@H]1CC[C@H]2[C@@H]3CC=C4C[C@@H](O)CC[C@]4(C)[C@H]3CC[C@]12C)CN[C@@H](CS)C(=O)O. The maximum absolute atomic E-state index is 11.2. The monoisotopic (exact) mass is 505 g/mol. The van der Waals surface area contributed by atoms with Crippen LogP contribution < -0.4 is 5.32 Å². The molecule has 4 aliphatic rings. The molecule has 3 fully saturated rings. The van der Waals surface area contributed by atoms with Gasteiger partial charge in [-0.2, -0.15) is 12.6 Å². The predicted molar refractivity (Wildman–Crippen MR) is 147 cm³/mol. The molecule has 0 saturated heterocycles. The number of rotatable bonds is 10. The Hall–Kier alpha value is -0.520. The number of aliphatic hydroxyl groups excluding tert-OH is 1. The van der Waals surface area contributed by atoms with Crippen LogP contribution in [-0.4, -0.2) is 40.6 Å². The summed E-state index contributed by atoms with van der Waals surface area (Å²) in [4.78, 5) is 11.2. The minimum absolute atomic E-state index is 0.114. The summed E-state index contributed by atoms with van der Waals surface area (Å²) in [7, 11) is 0. The minimum atomic E-state index is -0.806. The van der Waals surface area contributed by atoms with Crippen molar-refractivity contribution in [2.75, 3.05) is 12.3 Å². The summed E-state index contributed by atoms with van der Waals surface area (Å²) in [5.41, 5.74) is 2.41. The fourth-order valence-electron chi connectivity index (χ4n) is 9.28. The third-order valence-corrected chi connectivity index (χ3v) is 11.8. The summed E-state index contributed by atoms with van der Waals surface area (Å²) in [5, 5.41) is 22.6. The Labute approximate surface area is 219 Å². The number of carboxylic acids is 1. The van der Waals surface area contributed by atoms with Crippen LogP contribution in [0.25, 0.3) is 0 Å². The fraction of sp³-hybridized carbons (Fsp3) is 0.900. The Morgan fingerprint density at radius 2 is 1.91 bits per heavy atom. The minimum Gasteiger partial charge on any atom is -0.480 e. The largest absolute Gasteiger partial charge is 0.480 e. The number of carbonyl (C=O) groups is 1. The zero-order valence-electron chi connectivity index (χ0n) is 22.6. The second-order valence-electron chi connectivity index (χ2n) is 13.4. The van der Waals surface area contributed by atoms with Crippen LogP contribution in [0.3, 0.4) is 0 Å². The highest BCUT2D eigenvalue weighted by molar-refractivity contribution is 7.80. The van der Waals surface area contributed by atoms with Gasteiger partial charge >= 0.3 is 5.97 Å². The predicted octanol–water partition coefficient (Wildman–Crippen LogP) is 6.34. The van der Waals surface area contributed by atoms with E-state index in [0.717, 1.165) is 55.4 Å². The Morgan fingerprint density at radius 3 is 2.63 bits per heavy atom. The number of hydrogen-bond donors (Lipinski definition) is 4. The first kappa shape index (κ1) is 27.5. The number of fused-ring (bicyclic) bond motifs is 5. The van der Waals surface area contributed by atoms with Gasteiger partial charge in [0.1, 0.15) is 6.04 Å². The Bertz CT molecular complexity index is 786. The van der Waals surface area contributed by atoms with Crippen LogP contribution in [0.5, 0.6) is 0 Å². The van der Waals surface area contributed by atoms with Crippen LogP contribution in [0.15, 0.2) is 11.6 Å². The average molecular weight is 506 g/mol. The van der Waals surface area contributed by atoms with E-state index in [2.05, 4.69) is 51.7 Å². The highest BCUT2D eigenvalue weighted by atomic mass is 32.1. The van der Waals surface area contributed by atoms with Crippen LogP contribution >= 0.6 is 12.6 Å². The van der Waals surface area contributed by atoms with E-state index in [1.54, 1.807) is 5.57 Å². The molecule has 0 amide bonds. The number of carboxylic acid groups (broad SMARTS) is 1. The molecule has 4 rings (SSSR count). The number of nitrogens with one attached hydrogen (secondary N) is 1. The lowest BCUT2D eigenvalue weighted by molar-refractivity contribution is -0.138. The standard InChI is InChI=1S/C30H51NO3S/c1-19(17-31-27(18-35)28(33)34)6-5-7-20(2)24-10-11-25-23-9-8-21-16-22(32)12-14-29(21,3)26(23)13-15-30(24,25)4/h8,19-20,22-27,31-32,35H,5-7,9-18H2,1-4H3,(H,33,34)/t19?,20-,22+,23+,24-,25+,26+,27+,29+,30-/m1/s1. The third-order valence-electron chi connectivity index (χ3n) is 11.4. The smallest absolute Gasteiger partial charge is 0.321 e. The number of aliphatic hydroxyl groups is 1. The fourth-order valence-corrected chi connectivity index (χ4v) is 9.57. The summed E-state index contributed by atoms with van der Waals surface area (Å²) in [6.07, 6.45) is 16.0. The summed E-state index contributed by atoms with van der Waals surface area (Å²) in [6.45, 7) is 10.7. The molecule has 0 radical (unpaired) electrons. The lowest BCUT2D eigenvalue weighted by Crippen LogP contribution is -2.50. The van der Waals surface area contributed by atoms with E-state index in [0.29, 0.717) is 22.5 Å². The normalized spacial score (nSPS) is 41.2. The summed E-state index contributed by atoms with van der Waals surface area (Å²) < 4.78 is 0. The van der Waals surface area contributed by atoms with Crippen LogP contribution in [0, 0.1) is 46.3 Å². The van der Waals surface area contributed by atoms with Crippen molar-refractivity contribution < 1.29 is 15.0 Å². The van der Waals surface area contributed by atoms with Gasteiger partial charge in [-0.25, -0.2) is 0 Å². The Kier molecular flexibility index (Phi) is 8.70. The van der Waals surface area contributed by atoms with Gasteiger partial charge in [-0.15, -0.1) is 0 Å². The molecule has 4 aliphatic carbocycles. The van der Waals surface area contributed by atoms with Crippen molar-refractivity contribution in [3.05, 3.63) is 11.6 Å². The Morgan fingerprint density at radius 1 is 1.14 bits per heavy atom. The molecule has 0 aromatic heterocycles. The number of aliphatic carboxylic acids is 1. The van der Waals surface area contributed by atoms with Gasteiger partial charge in [-0.05, 0) is 111 Å². The van der Waals surface area contributed by atoms with Gasteiger partial charge in [-0.3, -0.25) is 4.79 Å². The molecule has 0 spiro atoms. The second kappa shape index (κ2) is 11.1. The van der Waals surface area contributed by atoms with Crippen molar-refractivity contribution in [3.63, 3.8) is 0 Å². The molecule has 35 heavy (non-hydrogen) atoms. The van der Waals surface area contributed by atoms with Gasteiger partial charge in [0.05, 0.1) is 6.10 Å². The van der Waals surface area contributed by atoms with Gasteiger partial charge in [0.2, 0.25) is 0 Å². The molecule has 5 heteroatoms. The van der Waals surface area contributed by atoms with Gasteiger partial charge < -0.3 is 15.5 Å². The highest BCUT2D eigenvalue weighted by Gasteiger charge is 2.59. The van der Waals surface area contributed by atoms with Crippen molar-refractivity contribution in [2.45, 2.75) is 110 Å². The lowest BCUT2D eigenvalue weighted by Gasteiger charge is -2.58. The zero-order chi connectivity index (χ0) is 25.4. The van der Waals surface area contributed by atoms with Crippen LogP contribution in [0.2, 0.25) is 0 Å². The van der Waals surface area contributed by atoms with Crippen molar-refractivity contribution in [1.29, 1.82) is 0 Å². The zero-order valence-corrected chi connectivity index (χ0v) is 23.5. The van der Waals surface area contributed by atoms with Gasteiger partial charge in [0.25, 0.3) is 0 Å². The molecule has 0 heterocycles. The van der Waals surface area contributed by atoms with E-state index in [4.69, 9.17) is 0 Å². The molecular formula is C30H51NO3S. The molecule has 3 saturated carbocycles. The van der Waals surface area contributed by atoms with Crippen LogP contribution in [0.4, 0.5) is 0 Å². The summed E-state index contributed by atoms with van der Waals surface area (Å²) in [5.74, 6) is 4.16. The van der Waals surface area contributed by atoms with E-state index >= 15 is 0 Å². The van der Waals surface area contributed by atoms with Crippen LogP contribution in [0.1, 0.15) is 98.3 Å². The quantitative estimate of drug-likeness (QED) is 0.206.